The van der Waals surface area contributed by atoms with E-state index in [1.807, 2.05) is 30.3 Å². The van der Waals surface area contributed by atoms with Crippen LogP contribution in [0.4, 0.5) is 0 Å². The highest BCUT2D eigenvalue weighted by molar-refractivity contribution is 6.04. The summed E-state index contributed by atoms with van der Waals surface area (Å²) in [4.78, 5) is 26.7. The van der Waals surface area contributed by atoms with Crippen LogP contribution in [0, 0.1) is 5.41 Å². The Morgan fingerprint density at radius 2 is 1.88 bits per heavy atom. The van der Waals surface area contributed by atoms with Crippen LogP contribution in [-0.2, 0) is 32.7 Å². The highest BCUT2D eigenvalue weighted by atomic mass is 16.6. The molecule has 0 saturated carbocycles. The second kappa shape index (κ2) is 7.18. The SMILES string of the molecule is CCC/C=C1\OC(=O)C2=Cc3ccc4c(CCCC)c3[C@@]3(OC(=O)c5ccccc53)[C@]21CC4. The summed E-state index contributed by atoms with van der Waals surface area (Å²) >= 11 is 0. The zero-order valence-corrected chi connectivity index (χ0v) is 19.2. The maximum absolute atomic E-state index is 13.4. The summed E-state index contributed by atoms with van der Waals surface area (Å²) < 4.78 is 12.6. The third kappa shape index (κ3) is 2.41. The first-order chi connectivity index (χ1) is 16.1. The van der Waals surface area contributed by atoms with Gasteiger partial charge in [0.15, 0.2) is 5.60 Å². The van der Waals surface area contributed by atoms with Crippen molar-refractivity contribution in [2.24, 2.45) is 5.41 Å². The minimum Gasteiger partial charge on any atom is -0.444 e. The van der Waals surface area contributed by atoms with E-state index in [0.717, 1.165) is 55.2 Å². The Balaban J connectivity index is 1.77. The molecule has 0 unspecified atom stereocenters. The minimum atomic E-state index is -1.08. The molecule has 1 fully saturated rings. The van der Waals surface area contributed by atoms with Crippen LogP contribution in [0.15, 0.2) is 53.8 Å². The molecule has 33 heavy (non-hydrogen) atoms. The Labute approximate surface area is 194 Å². The molecule has 0 amide bonds. The lowest BCUT2D eigenvalue weighted by Gasteiger charge is -2.47. The maximum Gasteiger partial charge on any atom is 0.340 e. The Morgan fingerprint density at radius 1 is 1.03 bits per heavy atom. The van der Waals surface area contributed by atoms with Crippen molar-refractivity contribution < 1.29 is 19.1 Å². The van der Waals surface area contributed by atoms with E-state index >= 15 is 0 Å². The van der Waals surface area contributed by atoms with Gasteiger partial charge in [-0.15, -0.1) is 0 Å². The number of carbonyl (C=O) groups excluding carboxylic acids is 2. The van der Waals surface area contributed by atoms with Crippen molar-refractivity contribution in [1.82, 2.24) is 0 Å². The predicted octanol–water partition coefficient (Wildman–Crippen LogP) is 6.01. The van der Waals surface area contributed by atoms with Crippen molar-refractivity contribution in [3.8, 4) is 0 Å². The smallest absolute Gasteiger partial charge is 0.340 e. The Bertz CT molecular complexity index is 1270. The van der Waals surface area contributed by atoms with E-state index < -0.39 is 11.0 Å². The number of ether oxygens (including phenoxy) is 2. The first kappa shape index (κ1) is 20.5. The van der Waals surface area contributed by atoms with Crippen LogP contribution in [0.1, 0.15) is 84.1 Å². The molecule has 4 nitrogen and oxygen atoms in total. The third-order valence-corrected chi connectivity index (χ3v) is 7.94. The topological polar surface area (TPSA) is 52.6 Å². The summed E-state index contributed by atoms with van der Waals surface area (Å²) in [5, 5.41) is 0. The summed E-state index contributed by atoms with van der Waals surface area (Å²) in [6.07, 6.45) is 10.4. The fraction of sp³-hybridized carbons (Fsp3) is 0.379. The van der Waals surface area contributed by atoms with Crippen LogP contribution < -0.4 is 0 Å². The lowest BCUT2D eigenvalue weighted by molar-refractivity contribution is -0.132. The molecule has 2 spiro atoms. The number of esters is 2. The molecule has 0 N–H and O–H groups in total. The maximum atomic E-state index is 13.4. The van der Waals surface area contributed by atoms with E-state index in [0.29, 0.717) is 23.3 Å². The monoisotopic (exact) mass is 440 g/mol. The highest BCUT2D eigenvalue weighted by Crippen LogP contribution is 2.69. The van der Waals surface area contributed by atoms with E-state index in [-0.39, 0.29) is 11.9 Å². The number of unbranched alkanes of at least 4 members (excludes halogenated alkanes) is 2. The van der Waals surface area contributed by atoms with E-state index in [4.69, 9.17) is 9.47 Å². The Kier molecular flexibility index (Phi) is 4.45. The number of benzene rings is 2. The van der Waals surface area contributed by atoms with Crippen LogP contribution in [0.2, 0.25) is 0 Å². The standard InChI is InChI=1S/C29H28O4/c1-3-5-9-20-18-13-14-19-17-23-27(31)32-24(12-6-4-2)28(23,16-15-18)29(25(19)20)22-11-8-7-10-21(22)26(30)33-29/h7-8,10-14,17H,3-6,9,15-16H2,1-2H3/b24-12-/t28-,29-/m1/s1. The molecule has 168 valence electrons. The van der Waals surface area contributed by atoms with Crippen molar-refractivity contribution in [1.29, 1.82) is 0 Å². The first-order valence-corrected chi connectivity index (χ1v) is 12.2. The van der Waals surface area contributed by atoms with Gasteiger partial charge in [-0.05, 0) is 67.0 Å². The second-order valence-electron chi connectivity index (χ2n) is 9.60. The molecule has 2 aromatic carbocycles. The summed E-state index contributed by atoms with van der Waals surface area (Å²) in [7, 11) is 0. The third-order valence-electron chi connectivity index (χ3n) is 7.94. The van der Waals surface area contributed by atoms with Gasteiger partial charge >= 0.3 is 11.9 Å². The fourth-order valence-corrected chi connectivity index (χ4v) is 6.55. The molecule has 3 bridgehead atoms. The van der Waals surface area contributed by atoms with Gasteiger partial charge in [-0.2, -0.15) is 0 Å². The number of hydrogen-bond donors (Lipinski definition) is 0. The zero-order valence-electron chi connectivity index (χ0n) is 19.2. The lowest BCUT2D eigenvalue weighted by Crippen LogP contribution is -2.50. The number of aryl methyl sites for hydroxylation is 1. The van der Waals surface area contributed by atoms with Gasteiger partial charge in [-0.1, -0.05) is 57.0 Å². The molecule has 2 aliphatic carbocycles. The zero-order chi connectivity index (χ0) is 22.8. The molecule has 2 aliphatic heterocycles. The van der Waals surface area contributed by atoms with Crippen LogP contribution in [0.3, 0.4) is 0 Å². The van der Waals surface area contributed by atoms with Crippen LogP contribution in [0.5, 0.6) is 0 Å². The number of rotatable bonds is 5. The Hall–Kier alpha value is -3.14. The number of hydrogen-bond acceptors (Lipinski definition) is 4. The summed E-state index contributed by atoms with van der Waals surface area (Å²) in [6, 6.07) is 12.0. The van der Waals surface area contributed by atoms with E-state index in [2.05, 4.69) is 32.1 Å². The van der Waals surface area contributed by atoms with Crippen molar-refractivity contribution in [3.05, 3.63) is 87.2 Å². The molecule has 2 aromatic rings. The van der Waals surface area contributed by atoms with Crippen molar-refractivity contribution in [3.63, 3.8) is 0 Å². The molecule has 0 radical (unpaired) electrons. The molecule has 1 saturated heterocycles. The molecule has 2 atom stereocenters. The van der Waals surface area contributed by atoms with Gasteiger partial charge in [0.25, 0.3) is 0 Å². The van der Waals surface area contributed by atoms with Gasteiger partial charge in [-0.3, -0.25) is 0 Å². The molecule has 2 heterocycles. The second-order valence-corrected chi connectivity index (χ2v) is 9.60. The van der Waals surface area contributed by atoms with E-state index in [9.17, 15) is 9.59 Å². The minimum absolute atomic E-state index is 0.317. The molecular weight excluding hydrogens is 412 g/mol. The van der Waals surface area contributed by atoms with Gasteiger partial charge in [0.2, 0.25) is 0 Å². The summed E-state index contributed by atoms with van der Waals surface area (Å²) in [5.41, 5.74) is 4.75. The van der Waals surface area contributed by atoms with Crippen molar-refractivity contribution >= 4 is 18.0 Å². The van der Waals surface area contributed by atoms with Gasteiger partial charge in [0.1, 0.15) is 11.2 Å². The summed E-state index contributed by atoms with van der Waals surface area (Å²) in [5.74, 6) is 0.0160. The quantitative estimate of drug-likeness (QED) is 0.534. The molecule has 6 rings (SSSR count). The van der Waals surface area contributed by atoms with Gasteiger partial charge in [0.05, 0.1) is 11.1 Å². The average molecular weight is 441 g/mol. The number of fused-ring (bicyclic) bond motifs is 2. The number of allylic oxidation sites excluding steroid dienone is 1. The van der Waals surface area contributed by atoms with E-state index in [1.165, 1.54) is 11.1 Å². The van der Waals surface area contributed by atoms with Crippen molar-refractivity contribution in [2.45, 2.75) is 64.4 Å². The highest BCUT2D eigenvalue weighted by Gasteiger charge is 2.71. The molecular formula is C29H28O4. The van der Waals surface area contributed by atoms with Crippen LogP contribution in [-0.4, -0.2) is 11.9 Å². The molecule has 0 aromatic heterocycles. The number of carbonyl (C=O) groups is 2. The predicted molar refractivity (Wildman–Crippen MR) is 126 cm³/mol. The first-order valence-electron chi connectivity index (χ1n) is 12.2. The summed E-state index contributed by atoms with van der Waals surface area (Å²) in [6.45, 7) is 4.31. The number of cyclic esters (lactones) is 1. The van der Waals surface area contributed by atoms with Crippen LogP contribution in [0.25, 0.3) is 6.08 Å². The molecule has 4 heteroatoms. The lowest BCUT2D eigenvalue weighted by atomic mass is 9.56. The Morgan fingerprint density at radius 3 is 2.70 bits per heavy atom. The van der Waals surface area contributed by atoms with Gasteiger partial charge in [-0.25, -0.2) is 9.59 Å². The van der Waals surface area contributed by atoms with Gasteiger partial charge in [0, 0.05) is 11.1 Å². The largest absolute Gasteiger partial charge is 0.444 e. The van der Waals surface area contributed by atoms with Crippen LogP contribution >= 0.6 is 0 Å². The van der Waals surface area contributed by atoms with Gasteiger partial charge < -0.3 is 9.47 Å². The van der Waals surface area contributed by atoms with E-state index in [1.54, 1.807) is 0 Å². The normalized spacial score (nSPS) is 27.3. The average Bonchev–Trinajstić information content (AvgIpc) is 3.29. The fourth-order valence-electron chi connectivity index (χ4n) is 6.55. The molecule has 4 aliphatic rings. The van der Waals surface area contributed by atoms with Crippen molar-refractivity contribution in [2.75, 3.05) is 0 Å².